The Kier molecular flexibility index (Phi) is 5.04. The molecule has 2 heterocycles. The Bertz CT molecular complexity index is 1390. The van der Waals surface area contributed by atoms with E-state index in [9.17, 15) is 19.7 Å². The van der Waals surface area contributed by atoms with Gasteiger partial charge in [0.25, 0.3) is 11.2 Å². The molecule has 0 saturated carbocycles. The highest BCUT2D eigenvalue weighted by Gasteiger charge is 2.19. The van der Waals surface area contributed by atoms with Gasteiger partial charge < -0.3 is 4.74 Å². The summed E-state index contributed by atoms with van der Waals surface area (Å²) in [6.07, 6.45) is 2.68. The van der Waals surface area contributed by atoms with Gasteiger partial charge in [-0.1, -0.05) is 12.1 Å². The number of methoxy groups -OCH3 is 1. The second kappa shape index (κ2) is 7.82. The zero-order valence-corrected chi connectivity index (χ0v) is 16.7. The average molecular weight is 419 g/mol. The molecule has 4 rings (SSSR count). The number of nitrogens with zero attached hydrogens (tertiary/aromatic N) is 5. The molecule has 0 saturated heterocycles. The zero-order chi connectivity index (χ0) is 22.1. The predicted molar refractivity (Wildman–Crippen MR) is 112 cm³/mol. The van der Waals surface area contributed by atoms with Gasteiger partial charge in [0, 0.05) is 17.2 Å². The molecule has 4 aromatic rings. The van der Waals surface area contributed by atoms with Crippen LogP contribution in [-0.4, -0.2) is 37.1 Å². The first-order valence-electron chi connectivity index (χ1n) is 9.25. The van der Waals surface area contributed by atoms with Crippen LogP contribution in [0, 0.1) is 10.1 Å². The van der Waals surface area contributed by atoms with Gasteiger partial charge in [0.1, 0.15) is 23.2 Å². The van der Waals surface area contributed by atoms with E-state index < -0.39 is 4.92 Å². The van der Waals surface area contributed by atoms with Crippen LogP contribution >= 0.6 is 0 Å². The van der Waals surface area contributed by atoms with Crippen molar-refractivity contribution in [1.29, 1.82) is 0 Å². The highest BCUT2D eigenvalue weighted by Crippen LogP contribution is 2.24. The molecule has 0 bridgehead atoms. The van der Waals surface area contributed by atoms with Crippen LogP contribution < -0.4 is 10.3 Å². The van der Waals surface area contributed by atoms with E-state index in [2.05, 4.69) is 10.1 Å². The lowest BCUT2D eigenvalue weighted by molar-refractivity contribution is -0.384. The predicted octanol–water partition coefficient (Wildman–Crippen LogP) is 2.75. The molecule has 0 aliphatic heterocycles. The van der Waals surface area contributed by atoms with Crippen molar-refractivity contribution >= 4 is 22.5 Å². The summed E-state index contributed by atoms with van der Waals surface area (Å²) < 4.78 is 7.99. The Labute approximate surface area is 175 Å². The van der Waals surface area contributed by atoms with Gasteiger partial charge in [-0.3, -0.25) is 24.3 Å². The quantitative estimate of drug-likeness (QED) is 0.267. The number of hydrogen-bond acceptors (Lipinski definition) is 7. The molecule has 156 valence electrons. The van der Waals surface area contributed by atoms with Crippen LogP contribution in [0.2, 0.25) is 0 Å². The van der Waals surface area contributed by atoms with Crippen molar-refractivity contribution in [3.05, 3.63) is 86.6 Å². The molecular weight excluding hydrogens is 402 g/mol. The van der Waals surface area contributed by atoms with Crippen molar-refractivity contribution in [2.45, 2.75) is 13.5 Å². The minimum Gasteiger partial charge on any atom is -0.496 e. The first-order valence-corrected chi connectivity index (χ1v) is 9.25. The fraction of sp³-hybridized carbons (Fsp3) is 0.143. The SMILES string of the molecule is COc1ccc(C(C)=O)cc1Cn1cnc2c(cnn2-c2ccccc2[N+](=O)[O-])c1=O. The number of rotatable bonds is 6. The molecule has 0 atom stereocenters. The van der Waals surface area contributed by atoms with Crippen molar-refractivity contribution in [2.24, 2.45) is 0 Å². The number of ether oxygens (including phenoxy) is 1. The van der Waals surface area contributed by atoms with Crippen LogP contribution in [0.3, 0.4) is 0 Å². The Hall–Kier alpha value is -4.34. The molecule has 31 heavy (non-hydrogen) atoms. The summed E-state index contributed by atoms with van der Waals surface area (Å²) in [5.41, 5.74) is 1.05. The topological polar surface area (TPSA) is 122 Å². The summed E-state index contributed by atoms with van der Waals surface area (Å²) in [4.78, 5) is 39.9. The maximum absolute atomic E-state index is 13.0. The number of carbonyl (C=O) groups excluding carboxylic acids is 1. The number of ketones is 1. The van der Waals surface area contributed by atoms with Crippen molar-refractivity contribution < 1.29 is 14.5 Å². The molecule has 0 amide bonds. The van der Waals surface area contributed by atoms with E-state index in [1.54, 1.807) is 30.3 Å². The number of carbonyl (C=O) groups is 1. The van der Waals surface area contributed by atoms with Gasteiger partial charge in [-0.15, -0.1) is 0 Å². The summed E-state index contributed by atoms with van der Waals surface area (Å²) in [5.74, 6) is 0.433. The summed E-state index contributed by atoms with van der Waals surface area (Å²) in [6, 6.07) is 11.1. The van der Waals surface area contributed by atoms with Crippen LogP contribution in [0.5, 0.6) is 5.75 Å². The number of aromatic nitrogens is 4. The third-order valence-electron chi connectivity index (χ3n) is 4.89. The van der Waals surface area contributed by atoms with Crippen LogP contribution in [0.25, 0.3) is 16.7 Å². The highest BCUT2D eigenvalue weighted by molar-refractivity contribution is 5.94. The van der Waals surface area contributed by atoms with Gasteiger partial charge >= 0.3 is 0 Å². The van der Waals surface area contributed by atoms with E-state index in [0.717, 1.165) is 0 Å². The molecule has 10 heteroatoms. The number of benzene rings is 2. The second-order valence-corrected chi connectivity index (χ2v) is 6.80. The average Bonchev–Trinajstić information content (AvgIpc) is 3.20. The fourth-order valence-electron chi connectivity index (χ4n) is 3.34. The molecule has 0 radical (unpaired) electrons. The maximum Gasteiger partial charge on any atom is 0.294 e. The Morgan fingerprint density at radius 3 is 2.71 bits per heavy atom. The number of hydrogen-bond donors (Lipinski definition) is 0. The second-order valence-electron chi connectivity index (χ2n) is 6.80. The van der Waals surface area contributed by atoms with Crippen LogP contribution in [0.4, 0.5) is 5.69 Å². The summed E-state index contributed by atoms with van der Waals surface area (Å²) in [5, 5.41) is 15.7. The van der Waals surface area contributed by atoms with Gasteiger partial charge in [-0.2, -0.15) is 5.10 Å². The first-order chi connectivity index (χ1) is 14.9. The van der Waals surface area contributed by atoms with Crippen molar-refractivity contribution in [3.8, 4) is 11.4 Å². The molecule has 2 aromatic carbocycles. The maximum atomic E-state index is 13.0. The standard InChI is InChI=1S/C21H17N5O5/c1-13(27)14-7-8-19(31-2)15(9-14)11-24-12-22-20-16(21(24)28)10-23-25(20)17-5-3-4-6-18(17)26(29)30/h3-10,12H,11H2,1-2H3. The van der Waals surface area contributed by atoms with E-state index >= 15 is 0 Å². The van der Waals surface area contributed by atoms with Gasteiger partial charge in [0.15, 0.2) is 11.4 Å². The molecule has 2 aromatic heterocycles. The van der Waals surface area contributed by atoms with Crippen LogP contribution in [0.1, 0.15) is 22.8 Å². The number of Topliss-reactive ketones (excluding diaryl/α,β-unsaturated/α-hetero) is 1. The van der Waals surface area contributed by atoms with Crippen LogP contribution in [0.15, 0.2) is 59.8 Å². The molecule has 10 nitrogen and oxygen atoms in total. The molecule has 0 aliphatic rings. The van der Waals surface area contributed by atoms with E-state index in [-0.39, 0.29) is 40.3 Å². The molecule has 0 unspecified atom stereocenters. The third-order valence-corrected chi connectivity index (χ3v) is 4.89. The van der Waals surface area contributed by atoms with E-state index in [0.29, 0.717) is 16.9 Å². The van der Waals surface area contributed by atoms with Crippen molar-refractivity contribution in [3.63, 3.8) is 0 Å². The minimum atomic E-state index is -0.516. The van der Waals surface area contributed by atoms with Gasteiger partial charge in [-0.05, 0) is 31.2 Å². The summed E-state index contributed by atoms with van der Waals surface area (Å²) >= 11 is 0. The van der Waals surface area contributed by atoms with Crippen LogP contribution in [-0.2, 0) is 6.54 Å². The smallest absolute Gasteiger partial charge is 0.294 e. The molecule has 0 spiro atoms. The van der Waals surface area contributed by atoms with Gasteiger partial charge in [-0.25, -0.2) is 9.67 Å². The molecule has 0 aliphatic carbocycles. The number of nitro benzene ring substituents is 1. The highest BCUT2D eigenvalue weighted by atomic mass is 16.6. The number of nitro groups is 1. The Morgan fingerprint density at radius 1 is 1.23 bits per heavy atom. The molecular formula is C21H17N5O5. The molecule has 0 fully saturated rings. The summed E-state index contributed by atoms with van der Waals surface area (Å²) in [7, 11) is 1.51. The summed E-state index contributed by atoms with van der Waals surface area (Å²) in [6.45, 7) is 1.59. The normalized spacial score (nSPS) is 10.9. The van der Waals surface area contributed by atoms with Crippen molar-refractivity contribution in [2.75, 3.05) is 7.11 Å². The Balaban J connectivity index is 1.80. The lowest BCUT2D eigenvalue weighted by Gasteiger charge is -2.11. The number of para-hydroxylation sites is 2. The largest absolute Gasteiger partial charge is 0.496 e. The fourth-order valence-corrected chi connectivity index (χ4v) is 3.34. The van der Waals surface area contributed by atoms with Gasteiger partial charge in [0.05, 0.1) is 24.8 Å². The molecule has 0 N–H and O–H groups in total. The monoisotopic (exact) mass is 419 g/mol. The Morgan fingerprint density at radius 2 is 2.00 bits per heavy atom. The third kappa shape index (κ3) is 3.54. The first kappa shape index (κ1) is 20.0. The van der Waals surface area contributed by atoms with E-state index in [1.165, 1.54) is 47.9 Å². The van der Waals surface area contributed by atoms with Crippen molar-refractivity contribution in [1.82, 2.24) is 19.3 Å². The lowest BCUT2D eigenvalue weighted by atomic mass is 10.1. The number of fused-ring (bicyclic) bond motifs is 1. The van der Waals surface area contributed by atoms with E-state index in [4.69, 9.17) is 4.74 Å². The zero-order valence-electron chi connectivity index (χ0n) is 16.7. The van der Waals surface area contributed by atoms with Gasteiger partial charge in [0.2, 0.25) is 0 Å². The lowest BCUT2D eigenvalue weighted by Crippen LogP contribution is -2.21. The minimum absolute atomic E-state index is 0.101. The van der Waals surface area contributed by atoms with E-state index in [1.807, 2.05) is 0 Å².